The Morgan fingerprint density at radius 1 is 1.69 bits per heavy atom. The Kier molecular flexibility index (Phi) is 3.96. The van der Waals surface area contributed by atoms with Crippen LogP contribution in [0.1, 0.15) is 13.8 Å². The quantitative estimate of drug-likeness (QED) is 0.466. The normalized spacial score (nSPS) is 10.6. The number of rotatable bonds is 5. The molecule has 0 saturated carbocycles. The van der Waals surface area contributed by atoms with E-state index in [2.05, 4.69) is 10.2 Å². The van der Waals surface area contributed by atoms with E-state index >= 15 is 0 Å². The summed E-state index contributed by atoms with van der Waals surface area (Å²) in [5, 5.41) is 11.3. The smallest absolute Gasteiger partial charge is 0.312 e. The molecule has 13 heavy (non-hydrogen) atoms. The van der Waals surface area contributed by atoms with Gasteiger partial charge in [-0.3, -0.25) is 0 Å². The topological polar surface area (TPSA) is 107 Å². The van der Waals surface area contributed by atoms with Crippen LogP contribution in [0.3, 0.4) is 0 Å². The molecule has 76 valence electrons. The van der Waals surface area contributed by atoms with E-state index in [9.17, 15) is 14.9 Å². The third-order valence-electron chi connectivity index (χ3n) is 1.30. The zero-order chi connectivity index (χ0) is 10.5. The maximum absolute atomic E-state index is 10.3. The van der Waals surface area contributed by atoms with Crippen LogP contribution in [-0.2, 0) is 4.84 Å². The highest BCUT2D eigenvalue weighted by molar-refractivity contribution is 5.71. The average Bonchev–Trinajstić information content (AvgIpc) is 1.98. The Hall–Kier alpha value is -1.53. The first-order chi connectivity index (χ1) is 5.83. The third kappa shape index (κ3) is 6.85. The monoisotopic (exact) mass is 191 g/mol. The van der Waals surface area contributed by atoms with Crippen molar-refractivity contribution < 1.29 is 14.7 Å². The molecular formula is C6H13N3O4. The third-order valence-corrected chi connectivity index (χ3v) is 1.30. The number of nitrogens with one attached hydrogen (secondary N) is 1. The van der Waals surface area contributed by atoms with E-state index in [4.69, 9.17) is 5.73 Å². The molecule has 2 amide bonds. The van der Waals surface area contributed by atoms with Crippen molar-refractivity contribution in [3.8, 4) is 0 Å². The minimum absolute atomic E-state index is 0.0831. The maximum Gasteiger partial charge on any atom is 0.312 e. The molecule has 7 nitrogen and oxygen atoms in total. The summed E-state index contributed by atoms with van der Waals surface area (Å²) >= 11 is 0. The first-order valence-electron chi connectivity index (χ1n) is 3.64. The molecule has 0 unspecified atom stereocenters. The fourth-order valence-electron chi connectivity index (χ4n) is 0.605. The van der Waals surface area contributed by atoms with Crippen LogP contribution in [0.2, 0.25) is 0 Å². The number of nitrogens with zero attached hydrogens (tertiary/aromatic N) is 1. The number of carbonyl (C=O) groups excluding carboxylic acids is 1. The van der Waals surface area contributed by atoms with Crippen LogP contribution in [0.25, 0.3) is 0 Å². The van der Waals surface area contributed by atoms with E-state index in [1.165, 1.54) is 0 Å². The van der Waals surface area contributed by atoms with Crippen molar-refractivity contribution in [2.75, 3.05) is 13.2 Å². The van der Waals surface area contributed by atoms with E-state index in [-0.39, 0.29) is 13.2 Å². The second kappa shape index (κ2) is 4.48. The summed E-state index contributed by atoms with van der Waals surface area (Å²) in [5.41, 5.74) is 4.32. The highest BCUT2D eigenvalue weighted by Crippen LogP contribution is 2.13. The van der Waals surface area contributed by atoms with Gasteiger partial charge in [0.1, 0.15) is 6.61 Å². The van der Waals surface area contributed by atoms with E-state index in [0.717, 1.165) is 0 Å². The van der Waals surface area contributed by atoms with Crippen molar-refractivity contribution in [3.05, 3.63) is 10.1 Å². The van der Waals surface area contributed by atoms with Crippen LogP contribution in [0.5, 0.6) is 0 Å². The Morgan fingerprint density at radius 3 is 2.62 bits per heavy atom. The number of urea groups is 1. The Balaban J connectivity index is 3.79. The van der Waals surface area contributed by atoms with Gasteiger partial charge in [-0.25, -0.2) is 4.79 Å². The average molecular weight is 191 g/mol. The molecule has 0 aromatic rings. The standard InChI is InChI=1S/C6H13N3O4/c1-6(2,3-8-5(7)10)4-13-9(11)12/h3-4H2,1-2H3,(H3,7,8,10). The van der Waals surface area contributed by atoms with Gasteiger partial charge in [0.25, 0.3) is 5.09 Å². The van der Waals surface area contributed by atoms with Crippen LogP contribution in [0, 0.1) is 15.5 Å². The van der Waals surface area contributed by atoms with Gasteiger partial charge in [0.15, 0.2) is 0 Å². The summed E-state index contributed by atoms with van der Waals surface area (Å²) in [6, 6.07) is -0.658. The highest BCUT2D eigenvalue weighted by Gasteiger charge is 2.20. The molecule has 0 rings (SSSR count). The van der Waals surface area contributed by atoms with E-state index in [0.29, 0.717) is 0 Å². The second-order valence-corrected chi connectivity index (χ2v) is 3.38. The van der Waals surface area contributed by atoms with E-state index < -0.39 is 16.5 Å². The molecule has 0 bridgehead atoms. The van der Waals surface area contributed by atoms with Gasteiger partial charge in [-0.1, -0.05) is 13.8 Å². The second-order valence-electron chi connectivity index (χ2n) is 3.38. The van der Waals surface area contributed by atoms with Crippen molar-refractivity contribution in [3.63, 3.8) is 0 Å². The molecule has 7 heteroatoms. The Labute approximate surface area is 75.3 Å². The van der Waals surface area contributed by atoms with Crippen molar-refractivity contribution in [2.24, 2.45) is 11.1 Å². The molecule has 0 aliphatic heterocycles. The van der Waals surface area contributed by atoms with Crippen molar-refractivity contribution in [1.82, 2.24) is 5.32 Å². The first-order valence-corrected chi connectivity index (χ1v) is 3.64. The maximum atomic E-state index is 10.3. The van der Waals surface area contributed by atoms with Crippen LogP contribution in [-0.4, -0.2) is 24.3 Å². The summed E-state index contributed by atoms with van der Waals surface area (Å²) < 4.78 is 0. The lowest BCUT2D eigenvalue weighted by Crippen LogP contribution is -2.39. The molecule has 0 heterocycles. The van der Waals surface area contributed by atoms with Crippen LogP contribution >= 0.6 is 0 Å². The zero-order valence-corrected chi connectivity index (χ0v) is 7.57. The Bertz CT molecular complexity index is 184. The molecule has 0 saturated heterocycles. The number of carbonyl (C=O) groups is 1. The van der Waals surface area contributed by atoms with Crippen LogP contribution in [0.4, 0.5) is 4.79 Å². The van der Waals surface area contributed by atoms with Gasteiger partial charge in [0.2, 0.25) is 0 Å². The fourth-order valence-corrected chi connectivity index (χ4v) is 0.605. The molecule has 0 aromatic carbocycles. The molecule has 0 aromatic heterocycles. The number of primary amides is 1. The van der Waals surface area contributed by atoms with Crippen LogP contribution in [0.15, 0.2) is 0 Å². The minimum Gasteiger partial charge on any atom is -0.352 e. The summed E-state index contributed by atoms with van der Waals surface area (Å²) in [4.78, 5) is 24.3. The molecule has 0 aliphatic carbocycles. The number of hydrogen-bond donors (Lipinski definition) is 2. The zero-order valence-electron chi connectivity index (χ0n) is 7.57. The Morgan fingerprint density at radius 2 is 2.23 bits per heavy atom. The van der Waals surface area contributed by atoms with E-state index in [1.54, 1.807) is 13.8 Å². The summed E-state index contributed by atoms with van der Waals surface area (Å²) in [6.45, 7) is 3.58. The molecule has 0 spiro atoms. The fraction of sp³-hybridized carbons (Fsp3) is 0.833. The SMILES string of the molecule is CC(C)(CNC(N)=O)CO[N+](=O)[O-]. The van der Waals surface area contributed by atoms with Gasteiger partial charge in [-0.15, -0.1) is 10.1 Å². The van der Waals surface area contributed by atoms with Gasteiger partial charge in [0.05, 0.1) is 0 Å². The van der Waals surface area contributed by atoms with Crippen molar-refractivity contribution in [2.45, 2.75) is 13.8 Å². The van der Waals surface area contributed by atoms with Gasteiger partial charge < -0.3 is 15.9 Å². The van der Waals surface area contributed by atoms with Crippen LogP contribution < -0.4 is 11.1 Å². The summed E-state index contributed by atoms with van der Waals surface area (Å²) in [6.07, 6.45) is 0. The summed E-state index contributed by atoms with van der Waals surface area (Å²) in [5.74, 6) is 0. The molecule has 0 fully saturated rings. The lowest BCUT2D eigenvalue weighted by molar-refractivity contribution is -0.760. The number of nitrogens with two attached hydrogens (primary N) is 1. The molecular weight excluding hydrogens is 178 g/mol. The molecule has 0 radical (unpaired) electrons. The number of hydrogen-bond acceptors (Lipinski definition) is 4. The highest BCUT2D eigenvalue weighted by atomic mass is 16.9. The van der Waals surface area contributed by atoms with Crippen molar-refractivity contribution >= 4 is 6.03 Å². The van der Waals surface area contributed by atoms with Crippen molar-refractivity contribution in [1.29, 1.82) is 0 Å². The van der Waals surface area contributed by atoms with Gasteiger partial charge in [-0.05, 0) is 0 Å². The van der Waals surface area contributed by atoms with Gasteiger partial charge in [-0.2, -0.15) is 0 Å². The predicted octanol–water partition coefficient (Wildman–Crippen LogP) is -0.111. The lowest BCUT2D eigenvalue weighted by Gasteiger charge is -2.22. The number of amides is 2. The minimum atomic E-state index is -0.869. The summed E-state index contributed by atoms with van der Waals surface area (Å²) in [7, 11) is 0. The molecule has 0 aliphatic rings. The van der Waals surface area contributed by atoms with Gasteiger partial charge in [0, 0.05) is 12.0 Å². The first kappa shape index (κ1) is 11.5. The predicted molar refractivity (Wildman–Crippen MR) is 44.3 cm³/mol. The molecule has 0 atom stereocenters. The molecule has 3 N–H and O–H groups in total. The van der Waals surface area contributed by atoms with Gasteiger partial charge >= 0.3 is 6.03 Å². The lowest BCUT2D eigenvalue weighted by atomic mass is 9.95. The largest absolute Gasteiger partial charge is 0.352 e. The van der Waals surface area contributed by atoms with E-state index in [1.807, 2.05) is 0 Å².